The fraction of sp³-hybridized carbons (Fsp3) is 0.667. The quantitative estimate of drug-likeness (QED) is 0.302. The summed E-state index contributed by atoms with van der Waals surface area (Å²) >= 11 is 0. The van der Waals surface area contributed by atoms with Gasteiger partial charge in [0.2, 0.25) is 0 Å². The highest BCUT2D eigenvalue weighted by Crippen LogP contribution is 2.07. The third-order valence-corrected chi connectivity index (χ3v) is 1.79. The summed E-state index contributed by atoms with van der Waals surface area (Å²) in [4.78, 5) is 9.90. The van der Waals surface area contributed by atoms with E-state index in [-0.39, 0.29) is 13.0 Å². The molecule has 0 amide bonds. The molecule has 0 saturated carbocycles. The van der Waals surface area contributed by atoms with Crippen LogP contribution in [0.5, 0.6) is 0 Å². The Hall–Kier alpha value is -0.750. The zero-order chi connectivity index (χ0) is 11.0. The molecule has 0 fully saturated rings. The van der Waals surface area contributed by atoms with E-state index in [0.717, 1.165) is 12.2 Å². The van der Waals surface area contributed by atoms with Crippen molar-refractivity contribution in [2.75, 3.05) is 6.61 Å². The Morgan fingerprint density at radius 3 is 2.36 bits per heavy atom. The van der Waals surface area contributed by atoms with Gasteiger partial charge < -0.3 is 20.4 Å². The van der Waals surface area contributed by atoms with Crippen LogP contribution >= 0.6 is 0 Å². The number of aldehydes is 1. The van der Waals surface area contributed by atoms with Gasteiger partial charge in [0.05, 0.1) is 6.10 Å². The predicted octanol–water partition coefficient (Wildman–Crippen LogP) is -1.40. The summed E-state index contributed by atoms with van der Waals surface area (Å²) in [7, 11) is 0. The summed E-state index contributed by atoms with van der Waals surface area (Å²) in [6, 6.07) is 0. The van der Waals surface area contributed by atoms with Crippen LogP contribution in [0.15, 0.2) is 12.2 Å². The highest BCUT2D eigenvalue weighted by Gasteiger charge is 2.21. The van der Waals surface area contributed by atoms with Crippen LogP contribution in [-0.4, -0.2) is 51.6 Å². The molecule has 0 heterocycles. The number of carbonyl (C=O) groups is 1. The third-order valence-electron chi connectivity index (χ3n) is 1.79. The largest absolute Gasteiger partial charge is 0.396 e. The summed E-state index contributed by atoms with van der Waals surface area (Å²) in [6.45, 7) is -0.0793. The van der Waals surface area contributed by atoms with Gasteiger partial charge in [0, 0.05) is 6.61 Å². The SMILES string of the molecule is O=CC=CC(O)C(O)C(O)CCCO. The first-order valence-corrected chi connectivity index (χ1v) is 4.40. The monoisotopic (exact) mass is 204 g/mol. The average Bonchev–Trinajstić information content (AvgIpc) is 2.21. The van der Waals surface area contributed by atoms with Gasteiger partial charge >= 0.3 is 0 Å². The summed E-state index contributed by atoms with van der Waals surface area (Å²) in [5, 5.41) is 36.2. The fourth-order valence-electron chi connectivity index (χ4n) is 0.972. The van der Waals surface area contributed by atoms with Crippen molar-refractivity contribution in [3.63, 3.8) is 0 Å². The van der Waals surface area contributed by atoms with Gasteiger partial charge in [-0.25, -0.2) is 0 Å². The lowest BCUT2D eigenvalue weighted by Gasteiger charge is -2.20. The Morgan fingerprint density at radius 1 is 1.21 bits per heavy atom. The van der Waals surface area contributed by atoms with Crippen LogP contribution in [0, 0.1) is 0 Å². The molecule has 0 saturated heterocycles. The maximum absolute atomic E-state index is 9.90. The van der Waals surface area contributed by atoms with Crippen LogP contribution in [0.2, 0.25) is 0 Å². The third kappa shape index (κ3) is 5.08. The molecule has 0 aliphatic rings. The van der Waals surface area contributed by atoms with Crippen molar-refractivity contribution < 1.29 is 25.2 Å². The van der Waals surface area contributed by atoms with Crippen molar-refractivity contribution in [1.82, 2.24) is 0 Å². The molecule has 0 spiro atoms. The first kappa shape index (κ1) is 13.2. The summed E-state index contributed by atoms with van der Waals surface area (Å²) in [5.41, 5.74) is 0. The van der Waals surface area contributed by atoms with E-state index in [1.807, 2.05) is 0 Å². The Bertz CT molecular complexity index is 180. The maximum Gasteiger partial charge on any atom is 0.142 e. The van der Waals surface area contributed by atoms with Gasteiger partial charge in [0.25, 0.3) is 0 Å². The first-order valence-electron chi connectivity index (χ1n) is 4.40. The Balaban J connectivity index is 3.95. The molecule has 0 rings (SSSR count). The van der Waals surface area contributed by atoms with E-state index in [2.05, 4.69) is 0 Å². The molecule has 0 aliphatic heterocycles. The number of carbonyl (C=O) groups excluding carboxylic acids is 1. The Morgan fingerprint density at radius 2 is 1.86 bits per heavy atom. The fourth-order valence-corrected chi connectivity index (χ4v) is 0.972. The molecule has 5 heteroatoms. The molecule has 4 N–H and O–H groups in total. The molecule has 0 radical (unpaired) electrons. The summed E-state index contributed by atoms with van der Waals surface area (Å²) < 4.78 is 0. The molecular weight excluding hydrogens is 188 g/mol. The van der Waals surface area contributed by atoms with Crippen molar-refractivity contribution in [2.24, 2.45) is 0 Å². The van der Waals surface area contributed by atoms with E-state index >= 15 is 0 Å². The average molecular weight is 204 g/mol. The molecule has 0 aliphatic carbocycles. The zero-order valence-corrected chi connectivity index (χ0v) is 7.78. The number of allylic oxidation sites excluding steroid dienone is 1. The van der Waals surface area contributed by atoms with Gasteiger partial charge in [-0.2, -0.15) is 0 Å². The van der Waals surface area contributed by atoms with E-state index in [1.165, 1.54) is 0 Å². The maximum atomic E-state index is 9.90. The van der Waals surface area contributed by atoms with Crippen LogP contribution in [0.4, 0.5) is 0 Å². The highest BCUT2D eigenvalue weighted by atomic mass is 16.4. The van der Waals surface area contributed by atoms with Crippen LogP contribution in [0.25, 0.3) is 0 Å². The number of hydrogen-bond donors (Lipinski definition) is 4. The molecule has 0 aromatic rings. The molecule has 0 aromatic carbocycles. The number of aliphatic hydroxyl groups is 4. The second-order valence-electron chi connectivity index (χ2n) is 2.94. The molecular formula is C9H16O5. The van der Waals surface area contributed by atoms with E-state index in [9.17, 15) is 20.1 Å². The molecule has 0 aromatic heterocycles. The number of rotatable bonds is 7. The highest BCUT2D eigenvalue weighted by molar-refractivity contribution is 5.64. The second-order valence-corrected chi connectivity index (χ2v) is 2.94. The van der Waals surface area contributed by atoms with Gasteiger partial charge in [0.15, 0.2) is 0 Å². The number of aliphatic hydroxyl groups excluding tert-OH is 4. The minimum Gasteiger partial charge on any atom is -0.396 e. The second kappa shape index (κ2) is 7.64. The Kier molecular flexibility index (Phi) is 7.23. The molecule has 0 bridgehead atoms. The van der Waals surface area contributed by atoms with Crippen LogP contribution in [0.3, 0.4) is 0 Å². The van der Waals surface area contributed by atoms with Crippen LogP contribution in [0.1, 0.15) is 12.8 Å². The summed E-state index contributed by atoms with van der Waals surface area (Å²) in [5.74, 6) is 0. The van der Waals surface area contributed by atoms with Crippen molar-refractivity contribution >= 4 is 6.29 Å². The lowest BCUT2D eigenvalue weighted by atomic mass is 10.0. The zero-order valence-electron chi connectivity index (χ0n) is 7.78. The number of hydrogen-bond acceptors (Lipinski definition) is 5. The minimum atomic E-state index is -1.34. The minimum absolute atomic E-state index is 0.0793. The van der Waals surface area contributed by atoms with Gasteiger partial charge in [-0.1, -0.05) is 6.08 Å². The first-order chi connectivity index (χ1) is 6.63. The van der Waals surface area contributed by atoms with E-state index in [0.29, 0.717) is 12.7 Å². The van der Waals surface area contributed by atoms with Gasteiger partial charge in [-0.05, 0) is 18.9 Å². The smallest absolute Gasteiger partial charge is 0.142 e. The van der Waals surface area contributed by atoms with Gasteiger partial charge in [0.1, 0.15) is 18.5 Å². The van der Waals surface area contributed by atoms with Gasteiger partial charge in [-0.3, -0.25) is 4.79 Å². The molecule has 3 unspecified atom stereocenters. The van der Waals surface area contributed by atoms with E-state index in [1.54, 1.807) is 0 Å². The lowest BCUT2D eigenvalue weighted by Crippen LogP contribution is -2.36. The molecule has 82 valence electrons. The lowest BCUT2D eigenvalue weighted by molar-refractivity contribution is -0.104. The van der Waals surface area contributed by atoms with Crippen LogP contribution < -0.4 is 0 Å². The van der Waals surface area contributed by atoms with Crippen LogP contribution in [-0.2, 0) is 4.79 Å². The topological polar surface area (TPSA) is 98.0 Å². The molecule has 5 nitrogen and oxygen atoms in total. The Labute approximate surface area is 82.3 Å². The normalized spacial score (nSPS) is 18.0. The summed E-state index contributed by atoms with van der Waals surface area (Å²) in [6.07, 6.45) is -0.547. The standard InChI is InChI=1S/C9H16O5/c10-5-1-3-7(12)9(14)8(13)4-2-6-11/h1,3,5,7-9,11-14H,2,4,6H2. The van der Waals surface area contributed by atoms with Crippen molar-refractivity contribution in [2.45, 2.75) is 31.2 Å². The van der Waals surface area contributed by atoms with E-state index < -0.39 is 18.3 Å². The van der Waals surface area contributed by atoms with Crippen molar-refractivity contribution in [3.8, 4) is 0 Å². The predicted molar refractivity (Wildman–Crippen MR) is 49.5 cm³/mol. The van der Waals surface area contributed by atoms with Crippen molar-refractivity contribution in [3.05, 3.63) is 12.2 Å². The van der Waals surface area contributed by atoms with Crippen molar-refractivity contribution in [1.29, 1.82) is 0 Å². The van der Waals surface area contributed by atoms with E-state index in [4.69, 9.17) is 5.11 Å². The molecule has 14 heavy (non-hydrogen) atoms. The molecule has 3 atom stereocenters. The van der Waals surface area contributed by atoms with Gasteiger partial charge in [-0.15, -0.1) is 0 Å².